The molecule has 15 heavy (non-hydrogen) atoms. The summed E-state index contributed by atoms with van der Waals surface area (Å²) in [6.45, 7) is 0. The van der Waals surface area contributed by atoms with E-state index in [0.717, 1.165) is 0 Å². The van der Waals surface area contributed by atoms with Gasteiger partial charge in [0.25, 0.3) is 0 Å². The number of benzene rings is 1. The van der Waals surface area contributed by atoms with E-state index < -0.39 is 0 Å². The lowest BCUT2D eigenvalue weighted by Gasteiger charge is -2.20. The van der Waals surface area contributed by atoms with Crippen molar-refractivity contribution in [2.75, 3.05) is 19.1 Å². The van der Waals surface area contributed by atoms with E-state index in [2.05, 4.69) is 5.10 Å². The second-order valence-corrected chi connectivity index (χ2v) is 3.30. The summed E-state index contributed by atoms with van der Waals surface area (Å²) < 4.78 is 5.16. The molecular weight excluding hydrogens is 216 g/mol. The lowest BCUT2D eigenvalue weighted by atomic mass is 10.2. The number of methoxy groups -OCH3 is 1. The van der Waals surface area contributed by atoms with Crippen LogP contribution in [0.15, 0.2) is 23.3 Å². The standard InChI is InChI=1S/C9H13ClN4O/c1-14(9(11)13-12)7-5-6(10)3-4-8(7)15-2/h3-5H,12H2,1-2H3,(H2,11,13). The molecule has 1 rings (SSSR count). The van der Waals surface area contributed by atoms with E-state index in [4.69, 9.17) is 27.9 Å². The molecule has 0 saturated heterocycles. The van der Waals surface area contributed by atoms with Crippen molar-refractivity contribution in [3.63, 3.8) is 0 Å². The van der Waals surface area contributed by atoms with Crippen LogP contribution >= 0.6 is 11.6 Å². The topological polar surface area (TPSA) is 76.9 Å². The zero-order chi connectivity index (χ0) is 11.4. The van der Waals surface area contributed by atoms with Gasteiger partial charge < -0.3 is 21.2 Å². The molecule has 0 saturated carbocycles. The van der Waals surface area contributed by atoms with Crippen LogP contribution in [0.3, 0.4) is 0 Å². The van der Waals surface area contributed by atoms with Crippen LogP contribution in [0.1, 0.15) is 0 Å². The van der Waals surface area contributed by atoms with Gasteiger partial charge >= 0.3 is 0 Å². The number of nitrogens with two attached hydrogens (primary N) is 2. The van der Waals surface area contributed by atoms with E-state index >= 15 is 0 Å². The van der Waals surface area contributed by atoms with Crippen LogP contribution in [-0.2, 0) is 0 Å². The first-order valence-electron chi connectivity index (χ1n) is 4.20. The summed E-state index contributed by atoms with van der Waals surface area (Å²) in [5.41, 5.74) is 6.28. The number of hydrogen-bond acceptors (Lipinski definition) is 3. The molecule has 0 fully saturated rings. The molecule has 6 heteroatoms. The molecule has 0 radical (unpaired) electrons. The van der Waals surface area contributed by atoms with Crippen LogP contribution in [0.4, 0.5) is 5.69 Å². The van der Waals surface area contributed by atoms with Crippen LogP contribution in [0, 0.1) is 0 Å². The van der Waals surface area contributed by atoms with Gasteiger partial charge in [-0.05, 0) is 18.2 Å². The normalized spacial score (nSPS) is 11.3. The minimum Gasteiger partial charge on any atom is -0.495 e. The summed E-state index contributed by atoms with van der Waals surface area (Å²) in [7, 11) is 3.29. The maximum absolute atomic E-state index is 5.87. The predicted molar refractivity (Wildman–Crippen MR) is 62.2 cm³/mol. The fraction of sp³-hybridized carbons (Fsp3) is 0.222. The van der Waals surface area contributed by atoms with Crippen molar-refractivity contribution in [1.82, 2.24) is 0 Å². The summed E-state index contributed by atoms with van der Waals surface area (Å²) in [4.78, 5) is 1.59. The van der Waals surface area contributed by atoms with Crippen LogP contribution in [-0.4, -0.2) is 20.1 Å². The van der Waals surface area contributed by atoms with E-state index in [1.54, 1.807) is 37.3 Å². The molecule has 1 aromatic carbocycles. The van der Waals surface area contributed by atoms with Gasteiger partial charge in [0.05, 0.1) is 12.8 Å². The summed E-state index contributed by atoms with van der Waals surface area (Å²) in [6.07, 6.45) is 0. The number of nitrogens with zero attached hydrogens (tertiary/aromatic N) is 2. The predicted octanol–water partition coefficient (Wildman–Crippen LogP) is 0.973. The zero-order valence-corrected chi connectivity index (χ0v) is 9.32. The molecule has 0 unspecified atom stereocenters. The largest absolute Gasteiger partial charge is 0.495 e. The van der Waals surface area contributed by atoms with Crippen molar-refractivity contribution in [3.8, 4) is 5.75 Å². The fourth-order valence-corrected chi connectivity index (χ4v) is 1.30. The smallest absolute Gasteiger partial charge is 0.217 e. The molecular formula is C9H13ClN4O. The number of guanidine groups is 1. The van der Waals surface area contributed by atoms with Gasteiger partial charge in [-0.25, -0.2) is 0 Å². The van der Waals surface area contributed by atoms with Gasteiger partial charge in [0, 0.05) is 12.1 Å². The highest BCUT2D eigenvalue weighted by Crippen LogP contribution is 2.30. The number of hydrogen-bond donors (Lipinski definition) is 2. The SMILES string of the molecule is COc1ccc(Cl)cc1N(C)/C(N)=N/N. The first kappa shape index (κ1) is 11.5. The molecule has 0 spiro atoms. The maximum atomic E-state index is 5.87. The van der Waals surface area contributed by atoms with E-state index in [1.165, 1.54) is 0 Å². The summed E-state index contributed by atoms with van der Waals surface area (Å²) in [5.74, 6) is 5.91. The number of halogens is 1. The molecule has 0 aliphatic carbocycles. The van der Waals surface area contributed by atoms with Crippen LogP contribution in [0.25, 0.3) is 0 Å². The Kier molecular flexibility index (Phi) is 3.62. The van der Waals surface area contributed by atoms with E-state index in [-0.39, 0.29) is 5.96 Å². The molecule has 0 aliphatic rings. The first-order chi connectivity index (χ1) is 7.10. The van der Waals surface area contributed by atoms with Gasteiger partial charge in [0.1, 0.15) is 5.75 Å². The van der Waals surface area contributed by atoms with Gasteiger partial charge in [0.15, 0.2) is 0 Å². The molecule has 5 nitrogen and oxygen atoms in total. The number of anilines is 1. The third kappa shape index (κ3) is 2.44. The Morgan fingerprint density at radius 1 is 1.53 bits per heavy atom. The highest BCUT2D eigenvalue weighted by atomic mass is 35.5. The molecule has 0 atom stereocenters. The Labute approximate surface area is 93.2 Å². The molecule has 82 valence electrons. The molecule has 4 N–H and O–H groups in total. The molecule has 0 aromatic heterocycles. The Morgan fingerprint density at radius 2 is 2.20 bits per heavy atom. The van der Waals surface area contributed by atoms with Crippen LogP contribution < -0.4 is 21.2 Å². The van der Waals surface area contributed by atoms with E-state index in [9.17, 15) is 0 Å². The second kappa shape index (κ2) is 4.75. The van der Waals surface area contributed by atoms with Gasteiger partial charge in [-0.3, -0.25) is 0 Å². The van der Waals surface area contributed by atoms with Crippen molar-refractivity contribution in [2.45, 2.75) is 0 Å². The van der Waals surface area contributed by atoms with Gasteiger partial charge in [-0.2, -0.15) is 0 Å². The Bertz CT molecular complexity index is 380. The second-order valence-electron chi connectivity index (χ2n) is 2.86. The third-order valence-corrected chi connectivity index (χ3v) is 2.21. The van der Waals surface area contributed by atoms with Gasteiger partial charge in [-0.15, -0.1) is 5.10 Å². The monoisotopic (exact) mass is 228 g/mol. The summed E-state index contributed by atoms with van der Waals surface area (Å²) in [6, 6.07) is 5.20. The molecule has 0 heterocycles. The summed E-state index contributed by atoms with van der Waals surface area (Å²) >= 11 is 5.87. The Hall–Kier alpha value is -1.62. The number of ether oxygens (including phenoxy) is 1. The quantitative estimate of drug-likeness (QED) is 0.342. The minimum absolute atomic E-state index is 0.176. The fourth-order valence-electron chi connectivity index (χ4n) is 1.14. The Balaban J connectivity index is 3.16. The first-order valence-corrected chi connectivity index (χ1v) is 4.58. The van der Waals surface area contributed by atoms with Crippen LogP contribution in [0.5, 0.6) is 5.75 Å². The Morgan fingerprint density at radius 3 is 2.73 bits per heavy atom. The molecule has 1 aromatic rings. The zero-order valence-electron chi connectivity index (χ0n) is 8.57. The number of rotatable bonds is 2. The average Bonchev–Trinajstić information content (AvgIpc) is 2.27. The van der Waals surface area contributed by atoms with Crippen molar-refractivity contribution in [2.24, 2.45) is 16.7 Å². The highest BCUT2D eigenvalue weighted by Gasteiger charge is 2.11. The van der Waals surface area contributed by atoms with Gasteiger partial charge in [-0.1, -0.05) is 11.6 Å². The lowest BCUT2D eigenvalue weighted by molar-refractivity contribution is 0.416. The minimum atomic E-state index is 0.176. The summed E-state index contributed by atoms with van der Waals surface area (Å²) in [5, 5.41) is 3.98. The molecule has 0 bridgehead atoms. The van der Waals surface area contributed by atoms with Crippen molar-refractivity contribution >= 4 is 23.2 Å². The van der Waals surface area contributed by atoms with Crippen molar-refractivity contribution in [1.29, 1.82) is 0 Å². The highest BCUT2D eigenvalue weighted by molar-refractivity contribution is 6.31. The van der Waals surface area contributed by atoms with Gasteiger partial charge in [0.2, 0.25) is 5.96 Å². The molecule has 0 amide bonds. The maximum Gasteiger partial charge on any atom is 0.217 e. The van der Waals surface area contributed by atoms with E-state index in [1.807, 2.05) is 0 Å². The van der Waals surface area contributed by atoms with Crippen LogP contribution in [0.2, 0.25) is 5.02 Å². The van der Waals surface area contributed by atoms with Crippen molar-refractivity contribution < 1.29 is 4.74 Å². The van der Waals surface area contributed by atoms with Crippen molar-refractivity contribution in [3.05, 3.63) is 23.2 Å². The van der Waals surface area contributed by atoms with E-state index in [0.29, 0.717) is 16.5 Å². The average molecular weight is 229 g/mol. The molecule has 0 aliphatic heterocycles. The number of hydrazone groups is 1. The third-order valence-electron chi connectivity index (χ3n) is 1.98. The lowest BCUT2D eigenvalue weighted by Crippen LogP contribution is -2.35.